The molecule has 2 rings (SSSR count). The van der Waals surface area contributed by atoms with Gasteiger partial charge in [0, 0.05) is 6.07 Å². The Balaban J connectivity index is 2.34. The largest absolute Gasteiger partial charge is 0.481 e. The van der Waals surface area contributed by atoms with Crippen LogP contribution in [0.25, 0.3) is 11.5 Å². The normalized spacial score (nSPS) is 12.4. The smallest absolute Gasteiger partial charge is 0.216 e. The fraction of sp³-hybridized carbons (Fsp3) is 0.333. The quantitative estimate of drug-likeness (QED) is 0.770. The number of nitrogens with one attached hydrogen (secondary N) is 1. The van der Waals surface area contributed by atoms with E-state index in [-0.39, 0.29) is 6.04 Å². The maximum Gasteiger partial charge on any atom is 0.216 e. The predicted molar refractivity (Wildman–Crippen MR) is 56.6 cm³/mol. The average molecular weight is 220 g/mol. The summed E-state index contributed by atoms with van der Waals surface area (Å²) < 4.78 is 4.99. The third kappa shape index (κ3) is 1.98. The summed E-state index contributed by atoms with van der Waals surface area (Å²) in [5, 5.41) is 6.77. The Morgan fingerprint density at radius 2 is 2.25 bits per heavy atom. The number of H-pyrrole nitrogens is 1. The second-order valence-electron chi connectivity index (χ2n) is 3.28. The number of aromatic amines is 1. The summed E-state index contributed by atoms with van der Waals surface area (Å²) in [7, 11) is 1.54. The molecular weight excluding hydrogens is 208 g/mol. The summed E-state index contributed by atoms with van der Waals surface area (Å²) in [6.45, 7) is 1.82. The van der Waals surface area contributed by atoms with Crippen LogP contribution in [0.4, 0.5) is 0 Å². The van der Waals surface area contributed by atoms with E-state index in [0.717, 1.165) is 0 Å². The van der Waals surface area contributed by atoms with E-state index in [1.54, 1.807) is 6.07 Å². The van der Waals surface area contributed by atoms with Gasteiger partial charge >= 0.3 is 0 Å². The molecule has 0 radical (unpaired) electrons. The number of ether oxygens (including phenoxy) is 1. The van der Waals surface area contributed by atoms with Gasteiger partial charge in [0.15, 0.2) is 5.82 Å². The number of hydrogen-bond donors (Lipinski definition) is 2. The van der Waals surface area contributed by atoms with Gasteiger partial charge in [-0.05, 0) is 6.92 Å². The maximum atomic E-state index is 5.67. The second kappa shape index (κ2) is 4.23. The lowest BCUT2D eigenvalue weighted by Gasteiger charge is -1.98. The molecule has 0 fully saturated rings. The van der Waals surface area contributed by atoms with Crippen LogP contribution in [0, 0.1) is 0 Å². The highest BCUT2D eigenvalue weighted by Crippen LogP contribution is 2.16. The van der Waals surface area contributed by atoms with Crippen LogP contribution in [-0.2, 0) is 0 Å². The fourth-order valence-corrected chi connectivity index (χ4v) is 1.17. The maximum absolute atomic E-state index is 5.67. The Kier molecular flexibility index (Phi) is 2.78. The molecule has 0 aliphatic carbocycles. The molecule has 7 heteroatoms. The lowest BCUT2D eigenvalue weighted by atomic mass is 10.3. The summed E-state index contributed by atoms with van der Waals surface area (Å²) in [5.41, 5.74) is 6.26. The molecule has 7 nitrogen and oxygen atoms in total. The van der Waals surface area contributed by atoms with Gasteiger partial charge in [0.25, 0.3) is 0 Å². The molecule has 1 unspecified atom stereocenters. The number of nitrogens with zero attached hydrogens (tertiary/aromatic N) is 4. The fourth-order valence-electron chi connectivity index (χ4n) is 1.17. The van der Waals surface area contributed by atoms with Gasteiger partial charge in [-0.3, -0.25) is 5.10 Å². The van der Waals surface area contributed by atoms with E-state index in [1.807, 2.05) is 6.92 Å². The third-order valence-electron chi connectivity index (χ3n) is 2.01. The molecule has 2 aromatic heterocycles. The van der Waals surface area contributed by atoms with Gasteiger partial charge in [-0.1, -0.05) is 0 Å². The highest BCUT2D eigenvalue weighted by molar-refractivity contribution is 5.49. The van der Waals surface area contributed by atoms with E-state index in [4.69, 9.17) is 10.5 Å². The van der Waals surface area contributed by atoms with Crippen LogP contribution in [0.3, 0.4) is 0 Å². The van der Waals surface area contributed by atoms with Crippen molar-refractivity contribution in [2.45, 2.75) is 13.0 Å². The summed E-state index contributed by atoms with van der Waals surface area (Å²) in [5.74, 6) is 1.57. The standard InChI is InChI=1S/C9H12N6O/c1-5(10)8-13-9(15-14-8)6-3-7(16-2)12-4-11-6/h3-5H,10H2,1-2H3,(H,13,14,15). The number of hydrogen-bond acceptors (Lipinski definition) is 6. The lowest BCUT2D eigenvalue weighted by Crippen LogP contribution is -2.06. The molecule has 16 heavy (non-hydrogen) atoms. The molecular formula is C9H12N6O. The van der Waals surface area contributed by atoms with E-state index >= 15 is 0 Å². The molecule has 0 aliphatic rings. The van der Waals surface area contributed by atoms with Crippen LogP contribution >= 0.6 is 0 Å². The number of aromatic nitrogens is 5. The van der Waals surface area contributed by atoms with Gasteiger partial charge in [-0.15, -0.1) is 0 Å². The van der Waals surface area contributed by atoms with Crippen molar-refractivity contribution >= 4 is 0 Å². The number of rotatable bonds is 3. The first kappa shape index (κ1) is 10.5. The van der Waals surface area contributed by atoms with E-state index in [1.165, 1.54) is 13.4 Å². The highest BCUT2D eigenvalue weighted by Gasteiger charge is 2.10. The second-order valence-corrected chi connectivity index (χ2v) is 3.28. The Labute approximate surface area is 92.1 Å². The zero-order chi connectivity index (χ0) is 11.5. The molecule has 1 atom stereocenters. The first-order valence-corrected chi connectivity index (χ1v) is 4.75. The van der Waals surface area contributed by atoms with Crippen LogP contribution < -0.4 is 10.5 Å². The zero-order valence-corrected chi connectivity index (χ0v) is 9.01. The molecule has 0 aromatic carbocycles. The van der Waals surface area contributed by atoms with E-state index in [0.29, 0.717) is 23.2 Å². The Hall–Kier alpha value is -2.02. The third-order valence-corrected chi connectivity index (χ3v) is 2.01. The van der Waals surface area contributed by atoms with Crippen molar-refractivity contribution in [1.82, 2.24) is 25.1 Å². The monoisotopic (exact) mass is 220 g/mol. The molecule has 0 amide bonds. The number of methoxy groups -OCH3 is 1. The van der Waals surface area contributed by atoms with Gasteiger partial charge in [0.1, 0.15) is 17.8 Å². The van der Waals surface area contributed by atoms with Crippen LogP contribution in [-0.4, -0.2) is 32.3 Å². The predicted octanol–water partition coefficient (Wildman–Crippen LogP) is 0.290. The van der Waals surface area contributed by atoms with Crippen LogP contribution in [0.15, 0.2) is 12.4 Å². The Morgan fingerprint density at radius 1 is 1.44 bits per heavy atom. The molecule has 2 aromatic rings. The van der Waals surface area contributed by atoms with Crippen molar-refractivity contribution in [3.8, 4) is 17.4 Å². The van der Waals surface area contributed by atoms with Gasteiger partial charge in [0.05, 0.1) is 13.2 Å². The summed E-state index contributed by atoms with van der Waals surface area (Å²) in [6, 6.07) is 1.47. The van der Waals surface area contributed by atoms with Crippen molar-refractivity contribution in [2.24, 2.45) is 5.73 Å². The van der Waals surface area contributed by atoms with Crippen molar-refractivity contribution in [3.05, 3.63) is 18.2 Å². The van der Waals surface area contributed by atoms with Crippen LogP contribution in [0.2, 0.25) is 0 Å². The van der Waals surface area contributed by atoms with Gasteiger partial charge in [-0.25, -0.2) is 15.0 Å². The lowest BCUT2D eigenvalue weighted by molar-refractivity contribution is 0.397. The first-order valence-electron chi connectivity index (χ1n) is 4.75. The topological polar surface area (TPSA) is 103 Å². The molecule has 84 valence electrons. The van der Waals surface area contributed by atoms with Crippen LogP contribution in [0.5, 0.6) is 5.88 Å². The Morgan fingerprint density at radius 3 is 2.88 bits per heavy atom. The summed E-state index contributed by atoms with van der Waals surface area (Å²) in [6.07, 6.45) is 1.40. The minimum absolute atomic E-state index is 0.190. The SMILES string of the molecule is COc1cc(-c2n[nH]c(C(C)N)n2)ncn1. The number of nitrogens with two attached hydrogens (primary N) is 1. The molecule has 0 bridgehead atoms. The average Bonchev–Trinajstić information content (AvgIpc) is 2.78. The molecule has 0 aliphatic heterocycles. The first-order chi connectivity index (χ1) is 7.70. The molecule has 2 heterocycles. The van der Waals surface area contributed by atoms with Crippen molar-refractivity contribution in [2.75, 3.05) is 7.11 Å². The van der Waals surface area contributed by atoms with Crippen molar-refractivity contribution < 1.29 is 4.74 Å². The van der Waals surface area contributed by atoms with Crippen molar-refractivity contribution in [1.29, 1.82) is 0 Å². The summed E-state index contributed by atoms with van der Waals surface area (Å²) >= 11 is 0. The molecule has 0 spiro atoms. The molecule has 0 saturated heterocycles. The minimum atomic E-state index is -0.190. The minimum Gasteiger partial charge on any atom is -0.481 e. The summed E-state index contributed by atoms with van der Waals surface area (Å²) in [4.78, 5) is 12.2. The van der Waals surface area contributed by atoms with Gasteiger partial charge < -0.3 is 10.5 Å². The van der Waals surface area contributed by atoms with Gasteiger partial charge in [0.2, 0.25) is 5.88 Å². The molecule has 0 saturated carbocycles. The molecule has 3 N–H and O–H groups in total. The van der Waals surface area contributed by atoms with E-state index in [9.17, 15) is 0 Å². The van der Waals surface area contributed by atoms with Gasteiger partial charge in [-0.2, -0.15) is 5.10 Å². The van der Waals surface area contributed by atoms with Crippen molar-refractivity contribution in [3.63, 3.8) is 0 Å². The van der Waals surface area contributed by atoms with E-state index < -0.39 is 0 Å². The zero-order valence-electron chi connectivity index (χ0n) is 9.01. The Bertz CT molecular complexity index is 480. The highest BCUT2D eigenvalue weighted by atomic mass is 16.5. The van der Waals surface area contributed by atoms with Crippen LogP contribution in [0.1, 0.15) is 18.8 Å². The van der Waals surface area contributed by atoms with E-state index in [2.05, 4.69) is 25.1 Å².